The molecule has 0 spiro atoms. The molecule has 2 rings (SSSR count). The molecule has 0 bridgehead atoms. The van der Waals surface area contributed by atoms with Gasteiger partial charge < -0.3 is 20.1 Å². The summed E-state index contributed by atoms with van der Waals surface area (Å²) >= 11 is 1.22. The first-order valence-corrected chi connectivity index (χ1v) is 15.6. The quantitative estimate of drug-likeness (QED) is 0.222. The standard InChI is InChI=1S/C31H46BN3O6S/c1-8-19(4)13-28(37)35(7)26(18(2)3)16-27(41-21(6)36)30-34-25(17-42-30)29(38)33-24(14-20(5)31(39)40)15-22-9-11-23(32)12-10-22/h9-12,17-20,24,26-27H,8,13-16,32H2,1-7H3,(H,33,38)(H,39,40)/t19-,20?,24?,26?,27?/m0/s1. The summed E-state index contributed by atoms with van der Waals surface area (Å²) in [6, 6.07) is 7.29. The summed E-state index contributed by atoms with van der Waals surface area (Å²) in [6.45, 7) is 11.1. The minimum atomic E-state index is -0.925. The first-order chi connectivity index (χ1) is 19.7. The van der Waals surface area contributed by atoms with E-state index in [9.17, 15) is 24.3 Å². The summed E-state index contributed by atoms with van der Waals surface area (Å²) < 4.78 is 5.67. The predicted octanol–water partition coefficient (Wildman–Crippen LogP) is 3.77. The summed E-state index contributed by atoms with van der Waals surface area (Å²) in [5, 5.41) is 14.5. The van der Waals surface area contributed by atoms with E-state index in [1.165, 1.54) is 18.3 Å². The highest BCUT2D eigenvalue weighted by atomic mass is 32.1. The Hall–Kier alpha value is -3.21. The van der Waals surface area contributed by atoms with Gasteiger partial charge in [0.1, 0.15) is 18.5 Å². The second kappa shape index (κ2) is 16.4. The van der Waals surface area contributed by atoms with Crippen molar-refractivity contribution in [2.24, 2.45) is 17.8 Å². The van der Waals surface area contributed by atoms with E-state index >= 15 is 0 Å². The molecule has 1 heterocycles. The van der Waals surface area contributed by atoms with Crippen molar-refractivity contribution in [3.63, 3.8) is 0 Å². The van der Waals surface area contributed by atoms with Crippen molar-refractivity contribution in [2.45, 2.75) is 91.8 Å². The summed E-state index contributed by atoms with van der Waals surface area (Å²) in [6.07, 6.45) is 1.71. The van der Waals surface area contributed by atoms with Gasteiger partial charge in [0.25, 0.3) is 5.91 Å². The number of carbonyl (C=O) groups excluding carboxylic acids is 3. The van der Waals surface area contributed by atoms with Gasteiger partial charge in [-0.3, -0.25) is 19.2 Å². The molecule has 2 N–H and O–H groups in total. The average molecular weight is 600 g/mol. The van der Waals surface area contributed by atoms with Crippen molar-refractivity contribution in [3.05, 3.63) is 45.9 Å². The van der Waals surface area contributed by atoms with Gasteiger partial charge in [0.2, 0.25) is 5.91 Å². The Bertz CT molecular complexity index is 1200. The lowest BCUT2D eigenvalue weighted by Gasteiger charge is -2.34. The van der Waals surface area contributed by atoms with Crippen molar-refractivity contribution in [3.8, 4) is 0 Å². The largest absolute Gasteiger partial charge is 0.481 e. The van der Waals surface area contributed by atoms with Crippen molar-refractivity contribution >= 4 is 48.4 Å². The molecule has 0 radical (unpaired) electrons. The first-order valence-electron chi connectivity index (χ1n) is 14.7. The molecule has 0 fully saturated rings. The number of benzene rings is 1. The molecule has 230 valence electrons. The lowest BCUT2D eigenvalue weighted by molar-refractivity contribution is -0.148. The Balaban J connectivity index is 2.25. The number of rotatable bonds is 16. The van der Waals surface area contributed by atoms with Gasteiger partial charge in [0.05, 0.1) is 5.92 Å². The third kappa shape index (κ3) is 10.9. The predicted molar refractivity (Wildman–Crippen MR) is 168 cm³/mol. The van der Waals surface area contributed by atoms with E-state index in [1.807, 2.05) is 52.9 Å². The Morgan fingerprint density at radius 1 is 1.10 bits per heavy atom. The van der Waals surface area contributed by atoms with Gasteiger partial charge in [-0.2, -0.15) is 0 Å². The molecule has 42 heavy (non-hydrogen) atoms. The van der Waals surface area contributed by atoms with Gasteiger partial charge in [-0.05, 0) is 30.2 Å². The van der Waals surface area contributed by atoms with E-state index in [0.717, 1.165) is 17.4 Å². The van der Waals surface area contributed by atoms with Crippen molar-refractivity contribution < 1.29 is 29.0 Å². The normalized spacial score (nSPS) is 14.9. The number of hydrogen-bond acceptors (Lipinski definition) is 7. The SMILES string of the molecule is Bc1ccc(CC(CC(C)C(=O)O)NC(=O)c2csc(C(CC(C(C)C)N(C)C(=O)C[C@@H](C)CC)OC(C)=O)n2)cc1. The number of carboxylic acid groups (broad SMARTS) is 1. The first kappa shape index (κ1) is 35.0. The van der Waals surface area contributed by atoms with Crippen LogP contribution in [0, 0.1) is 17.8 Å². The molecule has 1 aromatic carbocycles. The van der Waals surface area contributed by atoms with Gasteiger partial charge in [0, 0.05) is 44.3 Å². The molecular weight excluding hydrogens is 553 g/mol. The fourth-order valence-electron chi connectivity index (χ4n) is 4.80. The van der Waals surface area contributed by atoms with Gasteiger partial charge in [-0.15, -0.1) is 11.3 Å². The smallest absolute Gasteiger partial charge is 0.306 e. The number of hydrogen-bond donors (Lipinski definition) is 2. The van der Waals surface area contributed by atoms with Crippen molar-refractivity contribution in [1.29, 1.82) is 0 Å². The second-order valence-electron chi connectivity index (χ2n) is 11.8. The minimum absolute atomic E-state index is 0.0408. The lowest BCUT2D eigenvalue weighted by Crippen LogP contribution is -2.42. The third-order valence-electron chi connectivity index (χ3n) is 7.67. The maximum atomic E-state index is 13.3. The Morgan fingerprint density at radius 2 is 1.74 bits per heavy atom. The number of carboxylic acids is 1. The molecular formula is C31H46BN3O6S. The molecule has 2 amide bonds. The molecule has 9 nitrogen and oxygen atoms in total. The molecule has 0 saturated carbocycles. The molecule has 4 unspecified atom stereocenters. The van der Waals surface area contributed by atoms with Crippen LogP contribution in [0.1, 0.15) is 94.4 Å². The number of nitrogens with one attached hydrogen (secondary N) is 1. The maximum absolute atomic E-state index is 13.3. The average Bonchev–Trinajstić information content (AvgIpc) is 3.41. The van der Waals surface area contributed by atoms with E-state index < -0.39 is 35.9 Å². The highest BCUT2D eigenvalue weighted by Crippen LogP contribution is 2.31. The maximum Gasteiger partial charge on any atom is 0.306 e. The molecule has 5 atom stereocenters. The summed E-state index contributed by atoms with van der Waals surface area (Å²) in [4.78, 5) is 56.2. The number of aromatic nitrogens is 1. The van der Waals surface area contributed by atoms with E-state index in [2.05, 4.69) is 17.2 Å². The van der Waals surface area contributed by atoms with Crippen LogP contribution in [-0.2, 0) is 25.5 Å². The van der Waals surface area contributed by atoms with Crippen molar-refractivity contribution in [2.75, 3.05) is 7.05 Å². The molecule has 0 aliphatic carbocycles. The fraction of sp³-hybridized carbons (Fsp3) is 0.581. The third-order valence-corrected chi connectivity index (χ3v) is 8.61. The number of aliphatic carboxylic acids is 1. The van der Waals surface area contributed by atoms with Crippen LogP contribution < -0.4 is 10.8 Å². The van der Waals surface area contributed by atoms with Crippen molar-refractivity contribution in [1.82, 2.24) is 15.2 Å². The van der Waals surface area contributed by atoms with Crippen LogP contribution in [0.4, 0.5) is 0 Å². The Morgan fingerprint density at radius 3 is 2.29 bits per heavy atom. The summed E-state index contributed by atoms with van der Waals surface area (Å²) in [5.41, 5.74) is 2.27. The van der Waals surface area contributed by atoms with Crippen LogP contribution in [0.5, 0.6) is 0 Å². The Kier molecular flexibility index (Phi) is 13.7. The van der Waals surface area contributed by atoms with Gasteiger partial charge in [-0.25, -0.2) is 4.98 Å². The van der Waals surface area contributed by atoms with E-state index in [4.69, 9.17) is 4.74 Å². The van der Waals surface area contributed by atoms with Gasteiger partial charge in [-0.1, -0.05) is 70.8 Å². The fourth-order valence-corrected chi connectivity index (χ4v) is 5.64. The molecule has 11 heteroatoms. The van der Waals surface area contributed by atoms with E-state index in [1.54, 1.807) is 24.3 Å². The highest BCUT2D eigenvalue weighted by Gasteiger charge is 2.31. The Labute approximate surface area is 254 Å². The highest BCUT2D eigenvalue weighted by molar-refractivity contribution is 7.09. The van der Waals surface area contributed by atoms with Crippen LogP contribution in [0.2, 0.25) is 0 Å². The summed E-state index contributed by atoms with van der Waals surface area (Å²) in [5.74, 6) is -2.06. The lowest BCUT2D eigenvalue weighted by atomic mass is 9.92. The molecule has 0 saturated heterocycles. The van der Waals surface area contributed by atoms with Crippen LogP contribution in [0.25, 0.3) is 0 Å². The van der Waals surface area contributed by atoms with Gasteiger partial charge in [0.15, 0.2) is 6.10 Å². The molecule has 0 aliphatic heterocycles. The number of ether oxygens (including phenoxy) is 1. The van der Waals surface area contributed by atoms with E-state index in [-0.39, 0.29) is 35.9 Å². The van der Waals surface area contributed by atoms with Crippen LogP contribution >= 0.6 is 11.3 Å². The molecule has 1 aromatic heterocycles. The summed E-state index contributed by atoms with van der Waals surface area (Å²) in [7, 11) is 3.78. The molecule has 0 aliphatic rings. The number of carbonyl (C=O) groups is 4. The number of amides is 2. The minimum Gasteiger partial charge on any atom is -0.481 e. The molecule has 2 aromatic rings. The van der Waals surface area contributed by atoms with Crippen LogP contribution in [-0.4, -0.2) is 65.7 Å². The van der Waals surface area contributed by atoms with Crippen LogP contribution in [0.3, 0.4) is 0 Å². The zero-order chi connectivity index (χ0) is 31.6. The number of esters is 1. The van der Waals surface area contributed by atoms with Gasteiger partial charge >= 0.3 is 11.9 Å². The number of thiazole rings is 1. The zero-order valence-corrected chi connectivity index (χ0v) is 27.0. The number of nitrogens with zero attached hydrogens (tertiary/aromatic N) is 2. The topological polar surface area (TPSA) is 126 Å². The zero-order valence-electron chi connectivity index (χ0n) is 26.2. The van der Waals surface area contributed by atoms with E-state index in [0.29, 0.717) is 24.3 Å². The van der Waals surface area contributed by atoms with Crippen LogP contribution in [0.15, 0.2) is 29.6 Å². The second-order valence-corrected chi connectivity index (χ2v) is 12.7. The monoisotopic (exact) mass is 599 g/mol.